The van der Waals surface area contributed by atoms with Crippen molar-refractivity contribution in [2.45, 2.75) is 19.3 Å². The summed E-state index contributed by atoms with van der Waals surface area (Å²) in [5.41, 5.74) is 0.982. The summed E-state index contributed by atoms with van der Waals surface area (Å²) in [7, 11) is -1.74. The lowest BCUT2D eigenvalue weighted by Crippen LogP contribution is -2.34. The lowest BCUT2D eigenvalue weighted by Gasteiger charge is -2.33. The highest BCUT2D eigenvalue weighted by Crippen LogP contribution is 2.32. The monoisotopic (exact) mass is 305 g/mol. The van der Waals surface area contributed by atoms with Gasteiger partial charge in [-0.3, -0.25) is 0 Å². The molecule has 1 fully saturated rings. The number of nitrogens with zero attached hydrogens (tertiary/aromatic N) is 3. The molecule has 6 heteroatoms. The molecule has 1 aliphatic heterocycles. The predicted octanol–water partition coefficient (Wildman–Crippen LogP) is 2.53. The first-order valence-corrected chi connectivity index (χ1v) is 8.77. The largest absolute Gasteiger partial charge is 0.356 e. The Morgan fingerprint density at radius 3 is 2.67 bits per heavy atom. The van der Waals surface area contributed by atoms with Gasteiger partial charge in [0.1, 0.15) is 12.1 Å². The lowest BCUT2D eigenvalue weighted by molar-refractivity contribution is 0.386. The second-order valence-corrected chi connectivity index (χ2v) is 6.72. The average molecular weight is 305 g/mol. The molecule has 21 heavy (non-hydrogen) atoms. The third-order valence-electron chi connectivity index (χ3n) is 4.17. The maximum absolute atomic E-state index is 9.02. The van der Waals surface area contributed by atoms with Crippen LogP contribution in [0.25, 0.3) is 10.9 Å². The van der Waals surface area contributed by atoms with Crippen LogP contribution in [0.4, 0.5) is 5.82 Å². The van der Waals surface area contributed by atoms with Crippen molar-refractivity contribution < 1.29 is 9.79 Å². The molecule has 1 saturated heterocycles. The SMILES string of the molecule is OP(O)CCC1CCN(c2ncnc3ccccc23)CC1. The molecule has 0 bridgehead atoms. The number of fused-ring (bicyclic) bond motifs is 1. The highest BCUT2D eigenvalue weighted by atomic mass is 31.2. The maximum atomic E-state index is 9.02. The van der Waals surface area contributed by atoms with Crippen LogP contribution in [0.3, 0.4) is 0 Å². The zero-order valence-corrected chi connectivity index (χ0v) is 12.8. The van der Waals surface area contributed by atoms with Gasteiger partial charge in [-0.1, -0.05) is 12.1 Å². The smallest absolute Gasteiger partial charge is 0.164 e. The first-order valence-electron chi connectivity index (χ1n) is 7.34. The average Bonchev–Trinajstić information content (AvgIpc) is 2.53. The Labute approximate surface area is 125 Å². The van der Waals surface area contributed by atoms with Crippen molar-refractivity contribution in [3.05, 3.63) is 30.6 Å². The standard InChI is InChI=1S/C15H20N3O2P/c19-21(20)10-7-12-5-8-18(9-6-12)15-13-3-1-2-4-14(13)16-11-17-15/h1-4,11-12,19-20H,5-10H2. The Morgan fingerprint density at radius 1 is 1.14 bits per heavy atom. The van der Waals surface area contributed by atoms with E-state index in [2.05, 4.69) is 20.9 Å². The van der Waals surface area contributed by atoms with E-state index < -0.39 is 8.38 Å². The Bertz CT molecular complexity index is 595. The van der Waals surface area contributed by atoms with Crippen LogP contribution >= 0.6 is 8.38 Å². The first kappa shape index (κ1) is 14.6. The van der Waals surface area contributed by atoms with Gasteiger partial charge in [0.05, 0.1) is 5.52 Å². The highest BCUT2D eigenvalue weighted by molar-refractivity contribution is 7.45. The third kappa shape index (κ3) is 3.49. The first-order chi connectivity index (χ1) is 10.2. The lowest BCUT2D eigenvalue weighted by atomic mass is 9.94. The molecule has 0 radical (unpaired) electrons. The van der Waals surface area contributed by atoms with Gasteiger partial charge in [-0.25, -0.2) is 9.97 Å². The molecule has 1 aromatic carbocycles. The molecule has 2 aromatic rings. The van der Waals surface area contributed by atoms with Gasteiger partial charge in [-0.15, -0.1) is 0 Å². The van der Waals surface area contributed by atoms with Gasteiger partial charge in [-0.2, -0.15) is 0 Å². The maximum Gasteiger partial charge on any atom is 0.164 e. The van der Waals surface area contributed by atoms with E-state index in [4.69, 9.17) is 9.79 Å². The molecule has 2 N–H and O–H groups in total. The number of benzene rings is 1. The number of piperidine rings is 1. The highest BCUT2D eigenvalue weighted by Gasteiger charge is 2.22. The fourth-order valence-corrected chi connectivity index (χ4v) is 3.57. The molecular weight excluding hydrogens is 285 g/mol. The van der Waals surface area contributed by atoms with E-state index >= 15 is 0 Å². The van der Waals surface area contributed by atoms with E-state index in [1.165, 1.54) is 0 Å². The van der Waals surface area contributed by atoms with E-state index in [-0.39, 0.29) is 0 Å². The summed E-state index contributed by atoms with van der Waals surface area (Å²) in [6.07, 6.45) is 5.25. The number of anilines is 1. The Kier molecular flexibility index (Phi) is 4.63. The summed E-state index contributed by atoms with van der Waals surface area (Å²) in [6, 6.07) is 8.10. The fraction of sp³-hybridized carbons (Fsp3) is 0.467. The van der Waals surface area contributed by atoms with E-state index in [0.717, 1.165) is 49.1 Å². The molecule has 1 aliphatic rings. The third-order valence-corrected chi connectivity index (χ3v) is 4.83. The van der Waals surface area contributed by atoms with Gasteiger partial charge in [0.15, 0.2) is 8.38 Å². The number of hydrogen-bond acceptors (Lipinski definition) is 5. The molecule has 0 spiro atoms. The van der Waals surface area contributed by atoms with E-state index in [9.17, 15) is 0 Å². The van der Waals surface area contributed by atoms with Gasteiger partial charge in [-0.05, 0) is 37.3 Å². The Hall–Kier alpha value is -1.29. The van der Waals surface area contributed by atoms with Gasteiger partial charge in [0.2, 0.25) is 0 Å². The topological polar surface area (TPSA) is 69.5 Å². The summed E-state index contributed by atoms with van der Waals surface area (Å²) < 4.78 is 0. The fourth-order valence-electron chi connectivity index (χ4n) is 2.97. The van der Waals surface area contributed by atoms with Crippen LogP contribution in [0.5, 0.6) is 0 Å². The van der Waals surface area contributed by atoms with Crippen molar-refractivity contribution in [2.24, 2.45) is 5.92 Å². The normalized spacial score (nSPS) is 16.8. The van der Waals surface area contributed by atoms with E-state index in [1.54, 1.807) is 6.33 Å². The minimum atomic E-state index is -1.74. The molecule has 0 saturated carbocycles. The van der Waals surface area contributed by atoms with Gasteiger partial charge < -0.3 is 14.7 Å². The molecule has 1 aromatic heterocycles. The summed E-state index contributed by atoms with van der Waals surface area (Å²) in [4.78, 5) is 29.1. The van der Waals surface area contributed by atoms with E-state index in [0.29, 0.717) is 12.1 Å². The molecule has 3 rings (SSSR count). The minimum absolute atomic E-state index is 0.538. The quantitative estimate of drug-likeness (QED) is 0.850. The van der Waals surface area contributed by atoms with Crippen molar-refractivity contribution in [1.82, 2.24) is 9.97 Å². The summed E-state index contributed by atoms with van der Waals surface area (Å²) in [5.74, 6) is 1.62. The van der Waals surface area contributed by atoms with Crippen molar-refractivity contribution >= 4 is 25.1 Å². The molecule has 0 unspecified atom stereocenters. The Balaban J connectivity index is 1.68. The molecule has 112 valence electrons. The minimum Gasteiger partial charge on any atom is -0.356 e. The van der Waals surface area contributed by atoms with Crippen LogP contribution in [0.15, 0.2) is 30.6 Å². The summed E-state index contributed by atoms with van der Waals surface area (Å²) >= 11 is 0. The zero-order chi connectivity index (χ0) is 14.7. The summed E-state index contributed by atoms with van der Waals surface area (Å²) in [6.45, 7) is 1.95. The van der Waals surface area contributed by atoms with Crippen LogP contribution in [0.1, 0.15) is 19.3 Å². The second kappa shape index (κ2) is 6.65. The molecule has 0 atom stereocenters. The Morgan fingerprint density at radius 2 is 1.90 bits per heavy atom. The number of rotatable bonds is 4. The van der Waals surface area contributed by atoms with Crippen LogP contribution < -0.4 is 4.90 Å². The van der Waals surface area contributed by atoms with Crippen LogP contribution in [0.2, 0.25) is 0 Å². The van der Waals surface area contributed by atoms with Crippen molar-refractivity contribution in [1.29, 1.82) is 0 Å². The van der Waals surface area contributed by atoms with Gasteiger partial charge in [0.25, 0.3) is 0 Å². The number of hydrogen-bond donors (Lipinski definition) is 2. The molecular formula is C15H20N3O2P. The van der Waals surface area contributed by atoms with Crippen LogP contribution in [-0.2, 0) is 0 Å². The summed E-state index contributed by atoms with van der Waals surface area (Å²) in [5, 5.41) is 1.10. The van der Waals surface area contributed by atoms with Crippen molar-refractivity contribution in [3.63, 3.8) is 0 Å². The molecule has 2 heterocycles. The van der Waals surface area contributed by atoms with Crippen molar-refractivity contribution in [2.75, 3.05) is 24.2 Å². The van der Waals surface area contributed by atoms with Crippen LogP contribution in [-0.4, -0.2) is 39.0 Å². The van der Waals surface area contributed by atoms with Crippen molar-refractivity contribution in [3.8, 4) is 0 Å². The van der Waals surface area contributed by atoms with Crippen LogP contribution in [0, 0.1) is 5.92 Å². The van der Waals surface area contributed by atoms with E-state index in [1.807, 2.05) is 18.2 Å². The van der Waals surface area contributed by atoms with Gasteiger partial charge >= 0.3 is 0 Å². The molecule has 0 aliphatic carbocycles. The predicted molar refractivity (Wildman–Crippen MR) is 85.3 cm³/mol. The number of para-hydroxylation sites is 1. The number of aromatic nitrogens is 2. The molecule has 0 amide bonds. The van der Waals surface area contributed by atoms with Gasteiger partial charge in [0, 0.05) is 24.6 Å². The molecule has 5 nitrogen and oxygen atoms in total. The second-order valence-electron chi connectivity index (χ2n) is 5.53. The zero-order valence-electron chi connectivity index (χ0n) is 11.9.